The Balaban J connectivity index is 1.80. The molecule has 1 saturated heterocycles. The topological polar surface area (TPSA) is 79.0 Å². The van der Waals surface area contributed by atoms with E-state index in [1.165, 1.54) is 36.3 Å². The summed E-state index contributed by atoms with van der Waals surface area (Å²) in [6.45, 7) is 0.346. The van der Waals surface area contributed by atoms with Gasteiger partial charge in [-0.2, -0.15) is 0 Å². The first-order valence-electron chi connectivity index (χ1n) is 8.85. The molecule has 0 bridgehead atoms. The summed E-state index contributed by atoms with van der Waals surface area (Å²) in [5.41, 5.74) is 0.629. The van der Waals surface area contributed by atoms with Crippen molar-refractivity contribution in [1.29, 1.82) is 0 Å². The monoisotopic (exact) mass is 419 g/mol. The molecule has 1 aliphatic heterocycles. The zero-order chi connectivity index (χ0) is 21.0. The second kappa shape index (κ2) is 9.02. The summed E-state index contributed by atoms with van der Waals surface area (Å²) in [6, 6.07) is 10.1. The van der Waals surface area contributed by atoms with Gasteiger partial charge in [0.25, 0.3) is 5.91 Å². The van der Waals surface area contributed by atoms with E-state index in [9.17, 15) is 18.8 Å². The van der Waals surface area contributed by atoms with Gasteiger partial charge in [0.05, 0.1) is 18.7 Å². The van der Waals surface area contributed by atoms with Crippen molar-refractivity contribution >= 4 is 40.8 Å². The lowest BCUT2D eigenvalue weighted by atomic mass is 10.1. The maximum atomic E-state index is 13.3. The summed E-state index contributed by atoms with van der Waals surface area (Å²) in [6.07, 6.45) is -0.269. The minimum atomic E-state index is -0.998. The average Bonchev–Trinajstić information content (AvgIpc) is 2.90. The number of nitrogens with zero attached hydrogens (tertiary/aromatic N) is 2. The standard InChI is InChI=1S/C20H19ClFN3O4/c1-29-10-9-24-17(12-18(26)23-15-4-2-3-14(22)11-15)19(27)25(20(24)28)16-7-5-13(21)6-8-16/h2-8,11,17H,9-10,12H2,1H3,(H,23,26)/t17-/m0/s1. The third-order valence-electron chi connectivity index (χ3n) is 4.43. The van der Waals surface area contributed by atoms with Crippen LogP contribution in [0.1, 0.15) is 6.42 Å². The molecule has 3 rings (SSSR count). The maximum absolute atomic E-state index is 13.3. The van der Waals surface area contributed by atoms with Gasteiger partial charge in [-0.05, 0) is 42.5 Å². The van der Waals surface area contributed by atoms with E-state index >= 15 is 0 Å². The molecule has 9 heteroatoms. The molecule has 0 saturated carbocycles. The molecular formula is C20H19ClFN3O4. The molecule has 1 heterocycles. The molecular weight excluding hydrogens is 401 g/mol. The van der Waals surface area contributed by atoms with Crippen LogP contribution in [0.2, 0.25) is 5.02 Å². The Morgan fingerprint density at radius 1 is 1.21 bits per heavy atom. The summed E-state index contributed by atoms with van der Waals surface area (Å²) < 4.78 is 18.3. The van der Waals surface area contributed by atoms with E-state index in [0.29, 0.717) is 10.7 Å². The van der Waals surface area contributed by atoms with Crippen LogP contribution in [-0.4, -0.2) is 49.0 Å². The Morgan fingerprint density at radius 3 is 2.59 bits per heavy atom. The van der Waals surface area contributed by atoms with Crippen LogP contribution in [-0.2, 0) is 14.3 Å². The van der Waals surface area contributed by atoms with Crippen LogP contribution in [0.25, 0.3) is 0 Å². The number of nitrogens with one attached hydrogen (secondary N) is 1. The first-order valence-corrected chi connectivity index (χ1v) is 9.23. The van der Waals surface area contributed by atoms with Gasteiger partial charge in [0.1, 0.15) is 11.9 Å². The SMILES string of the molecule is COCCN1C(=O)N(c2ccc(Cl)cc2)C(=O)[C@@H]1CC(=O)Nc1cccc(F)c1. The highest BCUT2D eigenvalue weighted by Gasteiger charge is 2.46. The summed E-state index contributed by atoms with van der Waals surface area (Å²) >= 11 is 5.88. The number of halogens is 2. The van der Waals surface area contributed by atoms with E-state index in [1.54, 1.807) is 24.3 Å². The molecule has 0 spiro atoms. The van der Waals surface area contributed by atoms with Gasteiger partial charge in [0.15, 0.2) is 0 Å². The molecule has 4 amide bonds. The molecule has 1 atom stereocenters. The van der Waals surface area contributed by atoms with Crippen LogP contribution in [0.15, 0.2) is 48.5 Å². The lowest BCUT2D eigenvalue weighted by molar-refractivity contribution is -0.124. The molecule has 2 aromatic rings. The number of anilines is 2. The number of hydrogen-bond donors (Lipinski definition) is 1. The van der Waals surface area contributed by atoms with Crippen LogP contribution in [0.5, 0.6) is 0 Å². The third-order valence-corrected chi connectivity index (χ3v) is 4.68. The van der Waals surface area contributed by atoms with Crippen LogP contribution in [0.4, 0.5) is 20.6 Å². The zero-order valence-corrected chi connectivity index (χ0v) is 16.4. The third kappa shape index (κ3) is 4.72. The van der Waals surface area contributed by atoms with Gasteiger partial charge in [-0.25, -0.2) is 14.1 Å². The van der Waals surface area contributed by atoms with E-state index in [-0.39, 0.29) is 25.3 Å². The highest BCUT2D eigenvalue weighted by atomic mass is 35.5. The Morgan fingerprint density at radius 2 is 1.93 bits per heavy atom. The van der Waals surface area contributed by atoms with Crippen molar-refractivity contribution < 1.29 is 23.5 Å². The summed E-state index contributed by atoms with van der Waals surface area (Å²) in [5.74, 6) is -1.53. The maximum Gasteiger partial charge on any atom is 0.332 e. The number of ether oxygens (including phenoxy) is 1. The second-order valence-corrected chi connectivity index (χ2v) is 6.83. The number of urea groups is 1. The lowest BCUT2D eigenvalue weighted by Gasteiger charge is -2.21. The van der Waals surface area contributed by atoms with Gasteiger partial charge in [0.2, 0.25) is 5.91 Å². The molecule has 29 heavy (non-hydrogen) atoms. The Hall–Kier alpha value is -2.97. The van der Waals surface area contributed by atoms with Gasteiger partial charge < -0.3 is 15.0 Å². The van der Waals surface area contributed by atoms with Gasteiger partial charge in [-0.15, -0.1) is 0 Å². The molecule has 1 aliphatic rings. The second-order valence-electron chi connectivity index (χ2n) is 6.40. The van der Waals surface area contributed by atoms with Gasteiger partial charge >= 0.3 is 6.03 Å². The molecule has 1 fully saturated rings. The number of imide groups is 1. The highest BCUT2D eigenvalue weighted by molar-refractivity contribution is 6.30. The number of amides is 4. The fourth-order valence-corrected chi connectivity index (χ4v) is 3.18. The van der Waals surface area contributed by atoms with Crippen molar-refractivity contribution in [3.05, 3.63) is 59.4 Å². The number of hydrogen-bond acceptors (Lipinski definition) is 4. The van der Waals surface area contributed by atoms with Crippen LogP contribution in [0, 0.1) is 5.82 Å². The molecule has 1 N–H and O–H groups in total. The van der Waals surface area contributed by atoms with E-state index in [2.05, 4.69) is 5.32 Å². The smallest absolute Gasteiger partial charge is 0.332 e. The number of benzene rings is 2. The van der Waals surface area contributed by atoms with E-state index in [4.69, 9.17) is 16.3 Å². The van der Waals surface area contributed by atoms with Gasteiger partial charge in [-0.1, -0.05) is 17.7 Å². The number of rotatable bonds is 7. The Bertz CT molecular complexity index is 922. The fourth-order valence-electron chi connectivity index (χ4n) is 3.06. The molecule has 2 aromatic carbocycles. The predicted molar refractivity (Wildman–Crippen MR) is 106 cm³/mol. The van der Waals surface area contributed by atoms with Crippen molar-refractivity contribution in [1.82, 2.24) is 4.90 Å². The van der Waals surface area contributed by atoms with Crippen molar-refractivity contribution in [2.75, 3.05) is 30.5 Å². The van der Waals surface area contributed by atoms with E-state index in [1.807, 2.05) is 0 Å². The molecule has 0 radical (unpaired) electrons. The van der Waals surface area contributed by atoms with Gasteiger partial charge in [0, 0.05) is 24.4 Å². The van der Waals surface area contributed by atoms with Crippen LogP contribution < -0.4 is 10.2 Å². The molecule has 0 unspecified atom stereocenters. The lowest BCUT2D eigenvalue weighted by Crippen LogP contribution is -2.39. The number of carbonyl (C=O) groups is 3. The summed E-state index contributed by atoms with van der Waals surface area (Å²) in [5, 5.41) is 3.02. The van der Waals surface area contributed by atoms with E-state index in [0.717, 1.165) is 4.90 Å². The first-order chi connectivity index (χ1) is 13.9. The average molecular weight is 420 g/mol. The Labute approximate surface area is 172 Å². The van der Waals surface area contributed by atoms with Crippen molar-refractivity contribution in [2.45, 2.75) is 12.5 Å². The minimum absolute atomic E-state index is 0.142. The molecule has 0 aliphatic carbocycles. The summed E-state index contributed by atoms with van der Waals surface area (Å²) in [4.78, 5) is 40.6. The van der Waals surface area contributed by atoms with Crippen LogP contribution >= 0.6 is 11.6 Å². The fraction of sp³-hybridized carbons (Fsp3) is 0.250. The predicted octanol–water partition coefficient (Wildman–Crippen LogP) is 3.29. The largest absolute Gasteiger partial charge is 0.383 e. The van der Waals surface area contributed by atoms with Crippen LogP contribution in [0.3, 0.4) is 0 Å². The minimum Gasteiger partial charge on any atom is -0.383 e. The highest BCUT2D eigenvalue weighted by Crippen LogP contribution is 2.28. The van der Waals surface area contributed by atoms with Crippen molar-refractivity contribution in [3.63, 3.8) is 0 Å². The first kappa shape index (κ1) is 20.8. The summed E-state index contributed by atoms with van der Waals surface area (Å²) in [7, 11) is 1.48. The normalized spacial score (nSPS) is 16.4. The van der Waals surface area contributed by atoms with Crippen molar-refractivity contribution in [3.8, 4) is 0 Å². The number of carbonyl (C=O) groups excluding carboxylic acids is 3. The number of methoxy groups -OCH3 is 1. The Kier molecular flexibility index (Phi) is 6.46. The van der Waals surface area contributed by atoms with Crippen molar-refractivity contribution in [2.24, 2.45) is 0 Å². The quantitative estimate of drug-likeness (QED) is 0.698. The van der Waals surface area contributed by atoms with Gasteiger partial charge in [-0.3, -0.25) is 9.59 Å². The molecule has 0 aromatic heterocycles. The van der Waals surface area contributed by atoms with E-state index < -0.39 is 29.7 Å². The molecule has 152 valence electrons. The molecule has 7 nitrogen and oxygen atoms in total. The zero-order valence-electron chi connectivity index (χ0n) is 15.6.